The van der Waals surface area contributed by atoms with Crippen molar-refractivity contribution in [2.24, 2.45) is 0 Å². The molecule has 0 atom stereocenters. The van der Waals surface area contributed by atoms with Crippen molar-refractivity contribution in [2.75, 3.05) is 25.9 Å². The first kappa shape index (κ1) is 10.5. The Hall–Kier alpha value is -1.62. The Morgan fingerprint density at radius 2 is 2.06 bits per heavy atom. The number of nitrogens with two attached hydrogens (primary N) is 1. The van der Waals surface area contributed by atoms with Gasteiger partial charge in [0.25, 0.3) is 0 Å². The van der Waals surface area contributed by atoms with E-state index in [1.807, 2.05) is 12.4 Å². The molecule has 2 aromatic heterocycles. The van der Waals surface area contributed by atoms with Crippen LogP contribution in [0.2, 0.25) is 0 Å². The molecule has 0 radical (unpaired) electrons. The van der Waals surface area contributed by atoms with Gasteiger partial charge in [0, 0.05) is 5.56 Å². The summed E-state index contributed by atoms with van der Waals surface area (Å²) in [5.74, 6) is 0.583. The van der Waals surface area contributed by atoms with E-state index in [0.29, 0.717) is 11.6 Å². The van der Waals surface area contributed by atoms with Crippen molar-refractivity contribution in [1.82, 2.24) is 19.5 Å². The van der Waals surface area contributed by atoms with E-state index in [1.165, 1.54) is 18.4 Å². The third-order valence-corrected chi connectivity index (χ3v) is 3.56. The third-order valence-electron chi connectivity index (χ3n) is 3.56. The number of aromatic nitrogens is 3. The number of hydrogen-bond acceptors (Lipinski definition) is 4. The van der Waals surface area contributed by atoms with E-state index in [1.54, 1.807) is 10.7 Å². The summed E-state index contributed by atoms with van der Waals surface area (Å²) in [4.78, 5) is 6.77. The van der Waals surface area contributed by atoms with Crippen LogP contribution in [-0.4, -0.2) is 39.6 Å². The van der Waals surface area contributed by atoms with Crippen molar-refractivity contribution in [3.05, 3.63) is 24.2 Å². The Morgan fingerprint density at radius 3 is 2.82 bits per heavy atom. The Kier molecular flexibility index (Phi) is 2.48. The maximum absolute atomic E-state index is 5.70. The van der Waals surface area contributed by atoms with Gasteiger partial charge in [-0.1, -0.05) is 0 Å². The molecular formula is C12H17N5. The Balaban J connectivity index is 1.95. The molecule has 5 nitrogen and oxygen atoms in total. The van der Waals surface area contributed by atoms with Gasteiger partial charge in [-0.15, -0.1) is 0 Å². The van der Waals surface area contributed by atoms with Crippen molar-refractivity contribution >= 4 is 11.3 Å². The second-order valence-electron chi connectivity index (χ2n) is 4.83. The minimum Gasteiger partial charge on any atom is -0.396 e. The maximum atomic E-state index is 5.70. The molecular weight excluding hydrogens is 214 g/mol. The lowest BCUT2D eigenvalue weighted by Crippen LogP contribution is -2.29. The van der Waals surface area contributed by atoms with E-state index in [2.05, 4.69) is 22.0 Å². The third kappa shape index (κ3) is 1.86. The van der Waals surface area contributed by atoms with Gasteiger partial charge in [0.2, 0.25) is 0 Å². The number of fused-ring (bicyclic) bond motifs is 1. The van der Waals surface area contributed by atoms with Gasteiger partial charge in [-0.3, -0.25) is 0 Å². The summed E-state index contributed by atoms with van der Waals surface area (Å²) in [7, 11) is 2.17. The summed E-state index contributed by atoms with van der Waals surface area (Å²) in [6, 6.07) is 0. The number of nitrogens with zero attached hydrogens (tertiary/aromatic N) is 4. The normalized spacial score (nSPS) is 18.9. The average molecular weight is 231 g/mol. The molecule has 1 aliphatic rings. The van der Waals surface area contributed by atoms with Crippen molar-refractivity contribution < 1.29 is 0 Å². The number of rotatable bonds is 1. The molecule has 5 heteroatoms. The van der Waals surface area contributed by atoms with Gasteiger partial charge in [-0.2, -0.15) is 5.10 Å². The molecule has 1 fully saturated rings. The number of hydrogen-bond donors (Lipinski definition) is 1. The molecule has 1 aliphatic heterocycles. The summed E-state index contributed by atoms with van der Waals surface area (Å²) < 4.78 is 1.78. The molecule has 0 amide bonds. The van der Waals surface area contributed by atoms with E-state index in [-0.39, 0.29) is 0 Å². The number of piperidine rings is 1. The lowest BCUT2D eigenvalue weighted by atomic mass is 9.91. The van der Waals surface area contributed by atoms with Gasteiger partial charge in [-0.25, -0.2) is 9.50 Å². The SMILES string of the molecule is CN1CCC(c2cnn3cc(N)cnc23)CC1. The zero-order chi connectivity index (χ0) is 11.8. The molecule has 2 N–H and O–H groups in total. The highest BCUT2D eigenvalue weighted by Gasteiger charge is 2.21. The minimum absolute atomic E-state index is 0.583. The molecule has 0 spiro atoms. The molecule has 1 saturated heterocycles. The van der Waals surface area contributed by atoms with Gasteiger partial charge in [0.15, 0.2) is 5.65 Å². The number of nitrogen functional groups attached to an aromatic ring is 1. The Morgan fingerprint density at radius 1 is 1.29 bits per heavy atom. The van der Waals surface area contributed by atoms with E-state index < -0.39 is 0 Å². The van der Waals surface area contributed by atoms with Crippen LogP contribution in [0.4, 0.5) is 5.69 Å². The Labute approximate surface area is 100 Å². The van der Waals surface area contributed by atoms with Gasteiger partial charge in [-0.05, 0) is 38.9 Å². The highest BCUT2D eigenvalue weighted by molar-refractivity contribution is 5.51. The molecule has 3 heterocycles. The first-order valence-electron chi connectivity index (χ1n) is 6.01. The highest BCUT2D eigenvalue weighted by atomic mass is 15.2. The van der Waals surface area contributed by atoms with Crippen LogP contribution in [0.5, 0.6) is 0 Å². The van der Waals surface area contributed by atoms with Gasteiger partial charge in [0.1, 0.15) is 0 Å². The molecule has 0 aliphatic carbocycles. The van der Waals surface area contributed by atoms with Crippen LogP contribution in [0.1, 0.15) is 24.3 Å². The molecule has 17 heavy (non-hydrogen) atoms. The van der Waals surface area contributed by atoms with Crippen molar-refractivity contribution in [2.45, 2.75) is 18.8 Å². The second-order valence-corrected chi connectivity index (χ2v) is 4.83. The number of likely N-dealkylation sites (tertiary alicyclic amines) is 1. The van der Waals surface area contributed by atoms with Crippen molar-refractivity contribution in [1.29, 1.82) is 0 Å². The summed E-state index contributed by atoms with van der Waals surface area (Å²) in [6.45, 7) is 2.30. The van der Waals surface area contributed by atoms with Crippen LogP contribution < -0.4 is 5.73 Å². The fraction of sp³-hybridized carbons (Fsp3) is 0.500. The molecule has 0 unspecified atom stereocenters. The minimum atomic E-state index is 0.583. The van der Waals surface area contributed by atoms with Crippen LogP contribution in [0, 0.1) is 0 Å². The van der Waals surface area contributed by atoms with Crippen LogP contribution in [0.15, 0.2) is 18.6 Å². The lowest BCUT2D eigenvalue weighted by molar-refractivity contribution is 0.256. The predicted molar refractivity (Wildman–Crippen MR) is 66.9 cm³/mol. The molecule has 90 valence electrons. The molecule has 0 bridgehead atoms. The summed E-state index contributed by atoms with van der Waals surface area (Å²) in [5.41, 5.74) is 8.56. The summed E-state index contributed by atoms with van der Waals surface area (Å²) in [6.07, 6.45) is 7.84. The highest BCUT2D eigenvalue weighted by Crippen LogP contribution is 2.29. The van der Waals surface area contributed by atoms with Gasteiger partial charge in [0.05, 0.1) is 24.3 Å². The monoisotopic (exact) mass is 231 g/mol. The Bertz CT molecular complexity index is 525. The molecule has 3 rings (SSSR count). The largest absolute Gasteiger partial charge is 0.396 e. The first-order valence-corrected chi connectivity index (χ1v) is 6.01. The van der Waals surface area contributed by atoms with Crippen molar-refractivity contribution in [3.63, 3.8) is 0 Å². The zero-order valence-electron chi connectivity index (χ0n) is 10.0. The van der Waals surface area contributed by atoms with E-state index >= 15 is 0 Å². The van der Waals surface area contributed by atoms with Gasteiger partial charge >= 0.3 is 0 Å². The fourth-order valence-corrected chi connectivity index (χ4v) is 2.52. The molecule has 0 saturated carbocycles. The topological polar surface area (TPSA) is 59.5 Å². The average Bonchev–Trinajstić information content (AvgIpc) is 2.73. The lowest BCUT2D eigenvalue weighted by Gasteiger charge is -2.28. The summed E-state index contributed by atoms with van der Waals surface area (Å²) in [5, 5.41) is 4.33. The smallest absolute Gasteiger partial charge is 0.158 e. The molecule has 0 aromatic carbocycles. The predicted octanol–water partition coefficient (Wildman–Crippen LogP) is 1.12. The van der Waals surface area contributed by atoms with Crippen molar-refractivity contribution in [3.8, 4) is 0 Å². The van der Waals surface area contributed by atoms with Crippen LogP contribution in [0.25, 0.3) is 5.65 Å². The maximum Gasteiger partial charge on any atom is 0.158 e. The van der Waals surface area contributed by atoms with E-state index in [0.717, 1.165) is 18.7 Å². The second kappa shape index (κ2) is 4.00. The fourth-order valence-electron chi connectivity index (χ4n) is 2.52. The van der Waals surface area contributed by atoms with Crippen LogP contribution in [-0.2, 0) is 0 Å². The zero-order valence-corrected chi connectivity index (χ0v) is 10.0. The van der Waals surface area contributed by atoms with E-state index in [9.17, 15) is 0 Å². The van der Waals surface area contributed by atoms with Gasteiger partial charge < -0.3 is 10.6 Å². The quantitative estimate of drug-likeness (QED) is 0.799. The van der Waals surface area contributed by atoms with Crippen LogP contribution >= 0.6 is 0 Å². The molecule has 2 aromatic rings. The standard InChI is InChI=1S/C12H17N5/c1-16-4-2-9(3-5-16)11-7-15-17-8-10(13)6-14-12(11)17/h6-9H,2-5,13H2,1H3. The van der Waals surface area contributed by atoms with Crippen LogP contribution in [0.3, 0.4) is 0 Å². The van der Waals surface area contributed by atoms with E-state index in [4.69, 9.17) is 5.73 Å². The number of anilines is 1. The first-order chi connectivity index (χ1) is 8.24. The summed E-state index contributed by atoms with van der Waals surface area (Å²) >= 11 is 0.